The monoisotopic (exact) mass is 330 g/mol. The molecule has 9 heteroatoms. The highest BCUT2D eigenvalue weighted by molar-refractivity contribution is 7.88. The van der Waals surface area contributed by atoms with Crippen molar-refractivity contribution in [1.29, 1.82) is 0 Å². The summed E-state index contributed by atoms with van der Waals surface area (Å²) >= 11 is 0. The molecular weight excluding hydrogens is 312 g/mol. The third-order valence-corrected chi connectivity index (χ3v) is 4.24. The molecule has 0 aromatic carbocycles. The molecule has 0 radical (unpaired) electrons. The molecule has 0 atom stereocenters. The zero-order valence-electron chi connectivity index (χ0n) is 12.1. The van der Waals surface area contributed by atoms with E-state index in [2.05, 4.69) is 10.0 Å². The second-order valence-corrected chi connectivity index (χ2v) is 7.35. The quantitative estimate of drug-likeness (QED) is 0.666. The molecule has 8 nitrogen and oxygen atoms in total. The van der Waals surface area contributed by atoms with E-state index in [9.17, 15) is 18.0 Å². The Morgan fingerprint density at radius 3 is 2.55 bits per heavy atom. The van der Waals surface area contributed by atoms with Crippen LogP contribution in [0.25, 0.3) is 0 Å². The maximum atomic E-state index is 12.1. The first kappa shape index (κ1) is 16.5. The predicted molar refractivity (Wildman–Crippen MR) is 76.7 cm³/mol. The largest absolute Gasteiger partial charge is 0.481 e. The number of hydrogen-bond acceptors (Lipinski definition) is 5. The first-order chi connectivity index (χ1) is 10.2. The van der Waals surface area contributed by atoms with Gasteiger partial charge in [-0.2, -0.15) is 0 Å². The lowest BCUT2D eigenvalue weighted by molar-refractivity contribution is -0.139. The number of carbonyl (C=O) groups is 2. The van der Waals surface area contributed by atoms with Crippen molar-refractivity contribution in [2.75, 3.05) is 6.26 Å². The van der Waals surface area contributed by atoms with Crippen LogP contribution in [0.2, 0.25) is 0 Å². The number of amides is 1. The van der Waals surface area contributed by atoms with Gasteiger partial charge in [0.2, 0.25) is 10.0 Å². The maximum absolute atomic E-state index is 12.1. The van der Waals surface area contributed by atoms with Gasteiger partial charge in [0, 0.05) is 0 Å². The Morgan fingerprint density at radius 2 is 2.05 bits per heavy atom. The van der Waals surface area contributed by atoms with Crippen LogP contribution in [-0.4, -0.2) is 37.2 Å². The average Bonchev–Trinajstić information content (AvgIpc) is 2.81. The highest BCUT2D eigenvalue weighted by atomic mass is 32.2. The number of carbonyl (C=O) groups excluding carboxylic acids is 1. The molecule has 1 aliphatic carbocycles. The van der Waals surface area contributed by atoms with E-state index in [1.807, 2.05) is 0 Å². The molecule has 0 aliphatic heterocycles. The topological polar surface area (TPSA) is 126 Å². The SMILES string of the molecule is CS(=O)(=O)NCc1ccc(C(=O)NC2(CC(=O)O)CCC2)o1. The zero-order valence-corrected chi connectivity index (χ0v) is 12.9. The number of nitrogens with one attached hydrogen (secondary N) is 2. The van der Waals surface area contributed by atoms with E-state index in [0.717, 1.165) is 12.7 Å². The highest BCUT2D eigenvalue weighted by Crippen LogP contribution is 2.35. The van der Waals surface area contributed by atoms with Gasteiger partial charge in [-0.3, -0.25) is 9.59 Å². The van der Waals surface area contributed by atoms with Crippen molar-refractivity contribution in [3.05, 3.63) is 23.7 Å². The number of furan rings is 1. The van der Waals surface area contributed by atoms with Gasteiger partial charge in [0.15, 0.2) is 5.76 Å². The Kier molecular flexibility index (Phi) is 4.57. The minimum absolute atomic E-state index is 0.0296. The van der Waals surface area contributed by atoms with Crippen LogP contribution in [0.5, 0.6) is 0 Å². The summed E-state index contributed by atoms with van der Waals surface area (Å²) < 4.78 is 29.5. The molecule has 122 valence electrons. The molecule has 0 spiro atoms. The molecule has 3 N–H and O–H groups in total. The fraction of sp³-hybridized carbons (Fsp3) is 0.538. The van der Waals surface area contributed by atoms with Crippen LogP contribution in [-0.2, 0) is 21.4 Å². The van der Waals surface area contributed by atoms with Gasteiger partial charge in [-0.15, -0.1) is 0 Å². The minimum Gasteiger partial charge on any atom is -0.481 e. The molecule has 1 heterocycles. The second kappa shape index (κ2) is 6.09. The normalized spacial score (nSPS) is 16.8. The van der Waals surface area contributed by atoms with Crippen molar-refractivity contribution in [3.8, 4) is 0 Å². The van der Waals surface area contributed by atoms with Gasteiger partial charge in [0.25, 0.3) is 5.91 Å². The molecule has 1 aliphatic rings. The number of carboxylic acids is 1. The fourth-order valence-corrected chi connectivity index (χ4v) is 2.74. The molecule has 0 unspecified atom stereocenters. The Balaban J connectivity index is 1.98. The number of aliphatic carboxylic acids is 1. The van der Waals surface area contributed by atoms with E-state index in [0.29, 0.717) is 18.6 Å². The molecule has 1 aromatic rings. The van der Waals surface area contributed by atoms with Crippen molar-refractivity contribution >= 4 is 21.9 Å². The fourth-order valence-electron chi connectivity index (χ4n) is 2.34. The van der Waals surface area contributed by atoms with Gasteiger partial charge in [0.05, 0.1) is 24.8 Å². The lowest BCUT2D eigenvalue weighted by Crippen LogP contribution is -2.54. The van der Waals surface area contributed by atoms with E-state index >= 15 is 0 Å². The summed E-state index contributed by atoms with van der Waals surface area (Å²) in [5.41, 5.74) is -0.707. The molecule has 1 saturated carbocycles. The van der Waals surface area contributed by atoms with Gasteiger partial charge < -0.3 is 14.8 Å². The van der Waals surface area contributed by atoms with Crippen molar-refractivity contribution in [3.63, 3.8) is 0 Å². The first-order valence-electron chi connectivity index (χ1n) is 6.77. The van der Waals surface area contributed by atoms with Crippen LogP contribution in [0.15, 0.2) is 16.5 Å². The van der Waals surface area contributed by atoms with Crippen LogP contribution in [0.4, 0.5) is 0 Å². The van der Waals surface area contributed by atoms with E-state index in [-0.39, 0.29) is 18.7 Å². The van der Waals surface area contributed by atoms with Gasteiger partial charge in [-0.25, -0.2) is 13.1 Å². The summed E-state index contributed by atoms with van der Waals surface area (Å²) in [6.07, 6.45) is 3.01. The molecular formula is C13H18N2O6S. The summed E-state index contributed by atoms with van der Waals surface area (Å²) in [5, 5.41) is 11.6. The average molecular weight is 330 g/mol. The van der Waals surface area contributed by atoms with Crippen LogP contribution in [0.1, 0.15) is 42.0 Å². The van der Waals surface area contributed by atoms with E-state index in [1.165, 1.54) is 12.1 Å². The maximum Gasteiger partial charge on any atom is 0.305 e. The third kappa shape index (κ3) is 4.31. The number of hydrogen-bond donors (Lipinski definition) is 3. The minimum atomic E-state index is -3.35. The predicted octanol–water partition coefficient (Wildman–Crippen LogP) is 0.456. The summed E-state index contributed by atoms with van der Waals surface area (Å²) in [7, 11) is -3.35. The van der Waals surface area contributed by atoms with Gasteiger partial charge in [-0.1, -0.05) is 0 Å². The highest BCUT2D eigenvalue weighted by Gasteiger charge is 2.40. The first-order valence-corrected chi connectivity index (χ1v) is 8.66. The van der Waals surface area contributed by atoms with Crippen LogP contribution >= 0.6 is 0 Å². The molecule has 1 fully saturated rings. The Hall–Kier alpha value is -1.87. The molecule has 0 bridgehead atoms. The van der Waals surface area contributed by atoms with Crippen LogP contribution < -0.4 is 10.0 Å². The molecule has 2 rings (SSSR count). The number of carboxylic acid groups (broad SMARTS) is 1. The Labute approximate surface area is 127 Å². The molecule has 0 saturated heterocycles. The standard InChI is InChI=1S/C13H18N2O6S/c1-22(19,20)14-8-9-3-4-10(21-9)12(18)15-13(5-2-6-13)7-11(16)17/h3-4,14H,2,5-8H2,1H3,(H,15,18)(H,16,17). The molecule has 1 amide bonds. The summed E-state index contributed by atoms with van der Waals surface area (Å²) in [6, 6.07) is 2.93. The van der Waals surface area contributed by atoms with Crippen molar-refractivity contribution in [2.45, 2.75) is 37.8 Å². The lowest BCUT2D eigenvalue weighted by Gasteiger charge is -2.41. The third-order valence-electron chi connectivity index (χ3n) is 3.57. The van der Waals surface area contributed by atoms with Crippen molar-refractivity contribution < 1.29 is 27.5 Å². The summed E-state index contributed by atoms with van der Waals surface area (Å²) in [5.74, 6) is -1.12. The number of rotatable bonds is 7. The van der Waals surface area contributed by atoms with Crippen molar-refractivity contribution in [1.82, 2.24) is 10.0 Å². The lowest BCUT2D eigenvalue weighted by atomic mass is 9.74. The smallest absolute Gasteiger partial charge is 0.305 e. The van der Waals surface area contributed by atoms with Gasteiger partial charge in [-0.05, 0) is 31.4 Å². The van der Waals surface area contributed by atoms with E-state index in [1.54, 1.807) is 0 Å². The Morgan fingerprint density at radius 1 is 1.36 bits per heavy atom. The van der Waals surface area contributed by atoms with Crippen LogP contribution in [0.3, 0.4) is 0 Å². The molecule has 22 heavy (non-hydrogen) atoms. The summed E-state index contributed by atoms with van der Waals surface area (Å²) in [4.78, 5) is 23.0. The van der Waals surface area contributed by atoms with Crippen LogP contribution in [0, 0.1) is 0 Å². The van der Waals surface area contributed by atoms with Gasteiger partial charge in [0.1, 0.15) is 5.76 Å². The Bertz CT molecular complexity index is 674. The van der Waals surface area contributed by atoms with E-state index < -0.39 is 27.4 Å². The van der Waals surface area contributed by atoms with Gasteiger partial charge >= 0.3 is 5.97 Å². The zero-order chi connectivity index (χ0) is 16.4. The van der Waals surface area contributed by atoms with E-state index in [4.69, 9.17) is 9.52 Å². The summed E-state index contributed by atoms with van der Waals surface area (Å²) in [6.45, 7) is -0.0492. The number of sulfonamides is 1. The second-order valence-electron chi connectivity index (χ2n) is 5.52. The molecule has 1 aromatic heterocycles. The van der Waals surface area contributed by atoms with Crippen molar-refractivity contribution in [2.24, 2.45) is 0 Å².